The summed E-state index contributed by atoms with van der Waals surface area (Å²) in [5, 5.41) is 3.46. The van der Waals surface area contributed by atoms with Crippen molar-refractivity contribution in [2.24, 2.45) is 5.41 Å². The highest BCUT2D eigenvalue weighted by Gasteiger charge is 2.43. The van der Waals surface area contributed by atoms with E-state index in [2.05, 4.69) is 15.3 Å². The van der Waals surface area contributed by atoms with Crippen molar-refractivity contribution in [1.82, 2.24) is 9.97 Å². The summed E-state index contributed by atoms with van der Waals surface area (Å²) in [5.74, 6) is -0.908. The van der Waals surface area contributed by atoms with Gasteiger partial charge in [0.25, 0.3) is 5.56 Å². The van der Waals surface area contributed by atoms with Crippen molar-refractivity contribution in [1.29, 1.82) is 0 Å². The van der Waals surface area contributed by atoms with Gasteiger partial charge in [-0.1, -0.05) is 55.9 Å². The van der Waals surface area contributed by atoms with Crippen molar-refractivity contribution in [2.45, 2.75) is 49.7 Å². The summed E-state index contributed by atoms with van der Waals surface area (Å²) in [5.41, 5.74) is 0.270. The molecular weight excluding hydrogens is 506 g/mol. The zero-order valence-corrected chi connectivity index (χ0v) is 20.8. The van der Waals surface area contributed by atoms with Gasteiger partial charge in [0.1, 0.15) is 11.6 Å². The number of allylic oxidation sites excluding steroid dienone is 2. The number of ketones is 1. The van der Waals surface area contributed by atoms with Crippen LogP contribution in [0.3, 0.4) is 0 Å². The first-order chi connectivity index (χ1) is 17.4. The number of nitrogens with one attached hydrogen (secondary N) is 2. The van der Waals surface area contributed by atoms with Crippen LogP contribution in [0, 0.1) is 11.2 Å². The Bertz CT molecular complexity index is 1480. The maximum atomic E-state index is 13.5. The average Bonchev–Trinajstić information content (AvgIpc) is 2.81. The average molecular weight is 530 g/mol. The number of nitrogens with zero attached hydrogens (tertiary/aromatic N) is 1. The molecule has 2 aliphatic rings. The van der Waals surface area contributed by atoms with Gasteiger partial charge < -0.3 is 10.3 Å². The topological polar surface area (TPSA) is 74.8 Å². The first kappa shape index (κ1) is 25.3. The molecule has 1 aliphatic carbocycles. The lowest BCUT2D eigenvalue weighted by atomic mass is 9.69. The van der Waals surface area contributed by atoms with Crippen molar-refractivity contribution < 1.29 is 22.4 Å². The number of aromatic nitrogens is 2. The molecule has 1 aliphatic heterocycles. The number of Topliss-reactive ketones (excluding diaryl/α,β-unsaturated/α-hetero) is 1. The maximum absolute atomic E-state index is 13.5. The van der Waals surface area contributed by atoms with Gasteiger partial charge in [0.05, 0.1) is 11.1 Å². The van der Waals surface area contributed by atoms with Gasteiger partial charge in [-0.25, -0.2) is 9.37 Å². The number of hydrogen-bond acceptors (Lipinski definition) is 5. The normalized spacial score (nSPS) is 18.8. The highest BCUT2D eigenvalue weighted by molar-refractivity contribution is 7.98. The van der Waals surface area contributed by atoms with Gasteiger partial charge in [-0.3, -0.25) is 9.59 Å². The molecule has 0 fully saturated rings. The molecule has 0 radical (unpaired) electrons. The summed E-state index contributed by atoms with van der Waals surface area (Å²) >= 11 is 1.24. The molecule has 2 aromatic carbocycles. The number of thioether (sulfide) groups is 1. The Hall–Kier alpha value is -3.40. The van der Waals surface area contributed by atoms with Crippen LogP contribution in [0.15, 0.2) is 69.8 Å². The number of rotatable bonds is 4. The van der Waals surface area contributed by atoms with Crippen LogP contribution in [0.25, 0.3) is 0 Å². The Morgan fingerprint density at radius 2 is 1.81 bits per heavy atom. The second-order valence-corrected chi connectivity index (χ2v) is 11.0. The van der Waals surface area contributed by atoms with Crippen molar-refractivity contribution in [2.75, 3.05) is 5.32 Å². The minimum Gasteiger partial charge on any atom is -0.343 e. The Morgan fingerprint density at radius 1 is 1.08 bits per heavy atom. The molecule has 0 amide bonds. The van der Waals surface area contributed by atoms with Crippen LogP contribution in [0.5, 0.6) is 0 Å². The third-order valence-electron chi connectivity index (χ3n) is 6.54. The Morgan fingerprint density at radius 3 is 2.51 bits per heavy atom. The van der Waals surface area contributed by atoms with Gasteiger partial charge in [0, 0.05) is 29.4 Å². The second-order valence-electron chi connectivity index (χ2n) is 10.1. The standard InChI is InChI=1S/C27H23F4N3O2S/c1-26(2)11-18-21(19(35)12-26)20(15-4-3-5-16(10-15)27(29,30)31)22-23(32-18)33-25(34-24(22)36)37-13-14-6-8-17(28)9-7-14/h3-10,20H,11-13H2,1-2H3,(H2,32,33,34,36). The molecule has 3 aromatic rings. The molecule has 0 spiro atoms. The smallest absolute Gasteiger partial charge is 0.343 e. The number of hydrogen-bond donors (Lipinski definition) is 2. The van der Waals surface area contributed by atoms with E-state index in [1.165, 1.54) is 36.0 Å². The molecule has 0 saturated carbocycles. The lowest BCUT2D eigenvalue weighted by molar-refractivity contribution is -0.137. The predicted molar refractivity (Wildman–Crippen MR) is 133 cm³/mol. The molecule has 0 bridgehead atoms. The molecule has 2 N–H and O–H groups in total. The first-order valence-electron chi connectivity index (χ1n) is 11.6. The zero-order chi connectivity index (χ0) is 26.5. The highest BCUT2D eigenvalue weighted by atomic mass is 32.2. The summed E-state index contributed by atoms with van der Waals surface area (Å²) in [4.78, 5) is 33.9. The van der Waals surface area contributed by atoms with Crippen molar-refractivity contribution in [3.05, 3.63) is 98.2 Å². The number of H-pyrrole nitrogens is 1. The van der Waals surface area contributed by atoms with Crippen LogP contribution in [-0.4, -0.2) is 15.8 Å². The van der Waals surface area contributed by atoms with Gasteiger partial charge in [0.15, 0.2) is 10.9 Å². The van der Waals surface area contributed by atoms with E-state index >= 15 is 0 Å². The van der Waals surface area contributed by atoms with Crippen molar-refractivity contribution in [3.8, 4) is 0 Å². The van der Waals surface area contributed by atoms with E-state index in [0.29, 0.717) is 28.6 Å². The molecule has 5 nitrogen and oxygen atoms in total. The fourth-order valence-electron chi connectivity index (χ4n) is 4.92. The lowest BCUT2D eigenvalue weighted by Crippen LogP contribution is -2.37. The molecule has 10 heteroatoms. The van der Waals surface area contributed by atoms with Crippen LogP contribution < -0.4 is 10.9 Å². The molecule has 5 rings (SSSR count). The molecule has 1 atom stereocenters. The van der Waals surface area contributed by atoms with Crippen LogP contribution in [0.1, 0.15) is 54.9 Å². The molecule has 0 saturated heterocycles. The minimum absolute atomic E-state index is 0.109. The molecular formula is C27H23F4N3O2S. The van der Waals surface area contributed by atoms with Crippen molar-refractivity contribution >= 4 is 23.4 Å². The largest absolute Gasteiger partial charge is 0.416 e. The molecule has 1 aromatic heterocycles. The quantitative estimate of drug-likeness (QED) is 0.232. The third kappa shape index (κ3) is 5.07. The molecule has 1 unspecified atom stereocenters. The third-order valence-corrected chi connectivity index (χ3v) is 7.48. The monoisotopic (exact) mass is 529 g/mol. The van der Waals surface area contributed by atoms with Crippen LogP contribution in [0.2, 0.25) is 0 Å². The van der Waals surface area contributed by atoms with Gasteiger partial charge >= 0.3 is 6.18 Å². The number of halogens is 4. The second kappa shape index (κ2) is 9.16. The lowest BCUT2D eigenvalue weighted by Gasteiger charge is -2.38. The first-order valence-corrected chi connectivity index (χ1v) is 12.6. The fraction of sp³-hybridized carbons (Fsp3) is 0.296. The van der Waals surface area contributed by atoms with Gasteiger partial charge in [-0.2, -0.15) is 13.2 Å². The zero-order valence-electron chi connectivity index (χ0n) is 20.0. The molecule has 2 heterocycles. The number of anilines is 1. The summed E-state index contributed by atoms with van der Waals surface area (Å²) in [6.07, 6.45) is -3.88. The number of benzene rings is 2. The van der Waals surface area contributed by atoms with E-state index < -0.39 is 23.2 Å². The minimum atomic E-state index is -4.58. The maximum Gasteiger partial charge on any atom is 0.416 e. The van der Waals surface area contributed by atoms with Crippen LogP contribution >= 0.6 is 11.8 Å². The Labute approximate surface area is 214 Å². The number of carbonyl (C=O) groups is 1. The van der Waals surface area contributed by atoms with Gasteiger partial charge in [-0.15, -0.1) is 0 Å². The molecule has 192 valence electrons. The van der Waals surface area contributed by atoms with Gasteiger partial charge in [0.2, 0.25) is 0 Å². The van der Waals surface area contributed by atoms with E-state index in [9.17, 15) is 27.2 Å². The number of fused-ring (bicyclic) bond motifs is 1. The van der Waals surface area contributed by atoms with E-state index in [1.807, 2.05) is 13.8 Å². The summed E-state index contributed by atoms with van der Waals surface area (Å²) in [6.45, 7) is 3.89. The Balaban J connectivity index is 1.60. The molecule has 37 heavy (non-hydrogen) atoms. The van der Waals surface area contributed by atoms with Crippen LogP contribution in [-0.2, 0) is 16.7 Å². The summed E-state index contributed by atoms with van der Waals surface area (Å²) in [6, 6.07) is 10.7. The van der Waals surface area contributed by atoms with E-state index in [-0.39, 0.29) is 40.4 Å². The number of aromatic amines is 1. The number of carbonyl (C=O) groups excluding carboxylic acids is 1. The van der Waals surface area contributed by atoms with Gasteiger partial charge in [-0.05, 0) is 41.2 Å². The van der Waals surface area contributed by atoms with E-state index in [4.69, 9.17) is 0 Å². The Kier molecular flexibility index (Phi) is 6.26. The predicted octanol–water partition coefficient (Wildman–Crippen LogP) is 6.42. The number of alkyl halides is 3. The van der Waals surface area contributed by atoms with Crippen LogP contribution in [0.4, 0.5) is 23.4 Å². The summed E-state index contributed by atoms with van der Waals surface area (Å²) in [7, 11) is 0. The van der Waals surface area contributed by atoms with E-state index in [1.54, 1.807) is 12.1 Å². The highest BCUT2D eigenvalue weighted by Crippen LogP contribution is 2.48. The summed E-state index contributed by atoms with van der Waals surface area (Å²) < 4.78 is 53.8. The SMILES string of the molecule is CC1(C)CC(=O)C2=C(C1)Nc1nc(SCc3ccc(F)cc3)[nH]c(=O)c1C2c1cccc(C(F)(F)F)c1. The fourth-order valence-corrected chi connectivity index (χ4v) is 5.74. The van der Waals surface area contributed by atoms with E-state index in [0.717, 1.165) is 17.7 Å². The van der Waals surface area contributed by atoms with Crippen molar-refractivity contribution in [3.63, 3.8) is 0 Å².